The predicted molar refractivity (Wildman–Crippen MR) is 436 cm³/mol. The summed E-state index contributed by atoms with van der Waals surface area (Å²) in [4.78, 5) is 73.5. The molecule has 0 N–H and O–H groups in total. The van der Waals surface area contributed by atoms with Crippen molar-refractivity contribution in [3.63, 3.8) is 0 Å². The fourth-order valence-electron chi connectivity index (χ4n) is 9.57. The average molecular weight is 1630 g/mol. The number of hydrogen-bond acceptors (Lipinski definition) is 26. The molecule has 117 heavy (non-hydrogen) atoms. The van der Waals surface area contributed by atoms with Crippen LogP contribution in [0.4, 0.5) is 0 Å². The molecule has 0 amide bonds. The van der Waals surface area contributed by atoms with Crippen molar-refractivity contribution in [3.8, 4) is 70.7 Å². The lowest BCUT2D eigenvalue weighted by molar-refractivity contribution is 0.00552. The van der Waals surface area contributed by atoms with Crippen LogP contribution >= 0.6 is 0 Å². The van der Waals surface area contributed by atoms with Crippen LogP contribution in [0.1, 0.15) is 113 Å². The van der Waals surface area contributed by atoms with Gasteiger partial charge in [0.25, 0.3) is 0 Å². The van der Waals surface area contributed by atoms with Crippen LogP contribution in [0.25, 0.3) is 0 Å². The highest BCUT2D eigenvalue weighted by Crippen LogP contribution is 2.19. The van der Waals surface area contributed by atoms with E-state index in [1.807, 2.05) is 0 Å². The Hall–Kier alpha value is -10.4. The molecule has 1 heterocycles. The summed E-state index contributed by atoms with van der Waals surface area (Å²) in [7, 11) is 6.02. The van der Waals surface area contributed by atoms with Crippen LogP contribution in [-0.2, 0) is 94.7 Å². The molecule has 0 radical (unpaired) electrons. The largest absolute Gasteiger partial charge is 0.460 e. The van der Waals surface area contributed by atoms with Crippen LogP contribution in [0, 0.1) is 70.7 Å². The molecule has 0 saturated heterocycles. The lowest BCUT2D eigenvalue weighted by Gasteiger charge is -2.08. The smallest absolute Gasteiger partial charge is 0.338 e. The third-order valence-electron chi connectivity index (χ3n) is 15.2. The predicted octanol–water partition coefficient (Wildman–Crippen LogP) is 8.49. The molecular formula is C90H103NO25Si. The van der Waals surface area contributed by atoms with E-state index in [1.165, 1.54) is 18.2 Å². The van der Waals surface area contributed by atoms with Crippen LogP contribution in [0.3, 0.4) is 0 Å². The van der Waals surface area contributed by atoms with E-state index < -0.39 is 37.9 Å². The molecule has 0 unspecified atom stereocenters. The summed E-state index contributed by atoms with van der Waals surface area (Å²) in [5, 5.41) is 0. The molecule has 0 spiro atoms. The topological polar surface area (TPSA) is 283 Å². The maximum atomic E-state index is 14.1. The van der Waals surface area contributed by atoms with Crippen LogP contribution < -0.4 is 0 Å². The maximum absolute atomic E-state index is 14.1. The van der Waals surface area contributed by atoms with E-state index >= 15 is 0 Å². The minimum atomic E-state index is -1.90. The number of pyridine rings is 1. The Kier molecular flexibility index (Phi) is 47.7. The summed E-state index contributed by atoms with van der Waals surface area (Å²) in [6.07, 6.45) is 3.25. The fourth-order valence-corrected chi connectivity index (χ4v) is 10.1. The van der Waals surface area contributed by atoms with Crippen molar-refractivity contribution in [2.24, 2.45) is 0 Å². The van der Waals surface area contributed by atoms with Crippen molar-refractivity contribution >= 4 is 37.9 Å². The van der Waals surface area contributed by atoms with Gasteiger partial charge in [-0.2, -0.15) is 0 Å². The van der Waals surface area contributed by atoms with Gasteiger partial charge in [0, 0.05) is 109 Å². The first-order valence-electron chi connectivity index (χ1n) is 37.9. The Balaban J connectivity index is 1.42. The second kappa shape index (κ2) is 58.4. The lowest BCUT2D eigenvalue weighted by atomic mass is 10.0. The van der Waals surface area contributed by atoms with Gasteiger partial charge in [0.2, 0.25) is 0 Å². The van der Waals surface area contributed by atoms with Crippen molar-refractivity contribution < 1.29 is 119 Å². The van der Waals surface area contributed by atoms with Gasteiger partial charge in [-0.25, -0.2) is 24.0 Å². The second-order valence-corrected chi connectivity index (χ2v) is 30.5. The molecule has 0 aliphatic rings. The zero-order chi connectivity index (χ0) is 83.6. The molecule has 0 atom stereocenters. The maximum Gasteiger partial charge on any atom is 0.338 e. The number of rotatable bonds is 50. The highest BCUT2D eigenvalue weighted by Gasteiger charge is 2.17. The number of aromatic nitrogens is 1. The van der Waals surface area contributed by atoms with Gasteiger partial charge in [0.05, 0.1) is 193 Å². The molecule has 0 aliphatic carbocycles. The number of benzene rings is 5. The standard InChI is InChI=1S/C90H103NO25Si/c1-97-23-28-102-33-38-107-43-48-112-86(92)81-59-71(12-11-70-10-9-22-91-69-70)54-72(60-81)13-14-73-55-74(62-82(61-73)87(93)113-49-44-108-39-34-103-29-24-98-2)15-16-75-56-76(64-83(63-75)88(94)114-50-45-109-40-35-104-30-25-99-3)17-18-77-57-78(66-84(65-77)89(95)115-51-46-110-41-36-105-31-26-100-4)19-20-79-58-80(21-53-117(6,7)8)68-85(67-79)90(96)116-52-47-111-42-37-106-32-27-101-5/h9-10,22,54-69H,23-52H2,1-8H3. The van der Waals surface area contributed by atoms with Crippen molar-refractivity contribution in [3.05, 3.63) is 205 Å². The normalized spacial score (nSPS) is 10.7. The second-order valence-electron chi connectivity index (χ2n) is 25.8. The molecular weight excluding hydrogens is 1520 g/mol. The van der Waals surface area contributed by atoms with Gasteiger partial charge in [0.15, 0.2) is 0 Å². The zero-order valence-electron chi connectivity index (χ0n) is 67.8. The van der Waals surface area contributed by atoms with E-state index in [1.54, 1.807) is 133 Å². The Morgan fingerprint density at radius 3 is 0.607 bits per heavy atom. The number of carbonyl (C=O) groups is 5. The van der Waals surface area contributed by atoms with Gasteiger partial charge in [-0.05, 0) is 103 Å². The highest BCUT2D eigenvalue weighted by atomic mass is 28.3. The third kappa shape index (κ3) is 42.3. The molecule has 0 aliphatic heterocycles. The molecule has 27 heteroatoms. The van der Waals surface area contributed by atoms with Gasteiger partial charge >= 0.3 is 29.8 Å². The summed E-state index contributed by atoms with van der Waals surface area (Å²) in [5.41, 5.74) is 8.34. The summed E-state index contributed by atoms with van der Waals surface area (Å²) >= 11 is 0. The monoisotopic (exact) mass is 1630 g/mol. The molecule has 6 rings (SSSR count). The number of nitrogens with zero attached hydrogens (tertiary/aromatic N) is 1. The highest BCUT2D eigenvalue weighted by molar-refractivity contribution is 6.83. The van der Waals surface area contributed by atoms with Crippen LogP contribution in [0.15, 0.2) is 116 Å². The minimum absolute atomic E-state index is 0.0178. The van der Waals surface area contributed by atoms with Gasteiger partial charge in [-0.1, -0.05) is 84.8 Å². The van der Waals surface area contributed by atoms with Crippen molar-refractivity contribution in [2.45, 2.75) is 19.6 Å². The van der Waals surface area contributed by atoms with E-state index in [9.17, 15) is 24.0 Å². The van der Waals surface area contributed by atoms with Gasteiger partial charge < -0.3 is 94.7 Å². The molecule has 26 nitrogen and oxygen atoms in total. The Morgan fingerprint density at radius 2 is 0.427 bits per heavy atom. The lowest BCUT2D eigenvalue weighted by Crippen LogP contribution is -2.16. The van der Waals surface area contributed by atoms with E-state index in [4.69, 9.17) is 94.7 Å². The SMILES string of the molecule is COCCOCCOCCOC(=O)c1cc(C#Cc2cccnc2)cc(C#Cc2cc(C#Cc3cc(C#Cc4cc(C#Cc5cc(C#C[Si](C)(C)C)cc(C(=O)OCCOCCOCCOC)c5)cc(C(=O)OCCOCCOCCOC)c4)cc(C(=O)OCCOCCOCCOC)c3)cc(C(=O)OCCOCCOCCOC)c2)c1. The summed E-state index contributed by atoms with van der Waals surface area (Å²) in [6.45, 7) is 13.6. The number of ether oxygens (including phenoxy) is 20. The summed E-state index contributed by atoms with van der Waals surface area (Å²) in [6, 6.07) is 27.7. The fraction of sp³-hybridized carbons (Fsp3) is 0.422. The van der Waals surface area contributed by atoms with Crippen LogP contribution in [-0.4, -0.2) is 277 Å². The van der Waals surface area contributed by atoms with E-state index in [2.05, 4.69) is 95.3 Å². The Labute approximate surface area is 686 Å². The zero-order valence-corrected chi connectivity index (χ0v) is 68.8. The summed E-state index contributed by atoms with van der Waals surface area (Å²) in [5.74, 6) is 31.3. The van der Waals surface area contributed by atoms with Gasteiger partial charge in [-0.3, -0.25) is 4.98 Å². The van der Waals surface area contributed by atoms with E-state index in [0.717, 1.165) is 0 Å². The summed E-state index contributed by atoms with van der Waals surface area (Å²) < 4.78 is 109. The van der Waals surface area contributed by atoms with Crippen molar-refractivity contribution in [1.29, 1.82) is 0 Å². The van der Waals surface area contributed by atoms with Crippen LogP contribution in [0.2, 0.25) is 19.6 Å². The van der Waals surface area contributed by atoms with Gasteiger partial charge in [-0.15, -0.1) is 5.54 Å². The van der Waals surface area contributed by atoms with Crippen molar-refractivity contribution in [2.75, 3.05) is 234 Å². The third-order valence-corrected chi connectivity index (χ3v) is 16.0. The number of carbonyl (C=O) groups excluding carboxylic acids is 5. The quantitative estimate of drug-likeness (QED) is 0.0114. The van der Waals surface area contributed by atoms with E-state index in [-0.39, 0.29) is 120 Å². The molecule has 5 aromatic carbocycles. The Morgan fingerprint density at radius 1 is 0.248 bits per heavy atom. The molecule has 1 aromatic heterocycles. The molecule has 0 fully saturated rings. The number of hydrogen-bond donors (Lipinski definition) is 0. The molecule has 622 valence electrons. The molecule has 0 saturated carbocycles. The average Bonchev–Trinajstić information content (AvgIpc) is 0.835. The molecule has 6 aromatic rings. The first-order chi connectivity index (χ1) is 57.0. The number of methoxy groups -OCH3 is 5. The molecule has 0 bridgehead atoms. The van der Waals surface area contributed by atoms with E-state index in [0.29, 0.717) is 167 Å². The van der Waals surface area contributed by atoms with Crippen LogP contribution in [0.5, 0.6) is 0 Å². The van der Waals surface area contributed by atoms with Gasteiger partial charge in [0.1, 0.15) is 41.1 Å². The van der Waals surface area contributed by atoms with Crippen molar-refractivity contribution in [1.82, 2.24) is 4.98 Å². The first kappa shape index (κ1) is 95.4. The minimum Gasteiger partial charge on any atom is -0.460 e. The number of esters is 5. The first-order valence-corrected chi connectivity index (χ1v) is 41.4. The Bertz CT molecular complexity index is 4470.